The minimum absolute atomic E-state index is 0.723. The average molecular weight is 161 g/mol. The van der Waals surface area contributed by atoms with Crippen LogP contribution in [0, 0.1) is 0 Å². The summed E-state index contributed by atoms with van der Waals surface area (Å²) in [4.78, 5) is 4.04. The molecule has 3 heteroatoms. The molecule has 1 aliphatic heterocycles. The van der Waals surface area contributed by atoms with Gasteiger partial charge in [0.15, 0.2) is 0 Å². The van der Waals surface area contributed by atoms with Crippen LogP contribution in [0.2, 0.25) is 0 Å². The summed E-state index contributed by atoms with van der Waals surface area (Å²) in [5, 5.41) is 3.23. The molecule has 0 atom stereocenters. The van der Waals surface area contributed by atoms with E-state index >= 15 is 0 Å². The van der Waals surface area contributed by atoms with Crippen LogP contribution in [-0.2, 0) is 0 Å². The number of pyridine rings is 1. The first-order valence-electron chi connectivity index (χ1n) is 3.97. The molecule has 1 aromatic heterocycles. The Morgan fingerprint density at radius 3 is 3.00 bits per heavy atom. The smallest absolute Gasteiger partial charge is 0.0506 e. The summed E-state index contributed by atoms with van der Waals surface area (Å²) in [5.41, 5.74) is 8.75. The number of nitrogens with zero attached hydrogens (tertiary/aromatic N) is 1. The van der Waals surface area contributed by atoms with Gasteiger partial charge in [-0.1, -0.05) is 6.08 Å². The van der Waals surface area contributed by atoms with Gasteiger partial charge in [-0.05, 0) is 17.2 Å². The molecule has 0 spiro atoms. The lowest BCUT2D eigenvalue weighted by Gasteiger charge is -2.01. The molecule has 2 heterocycles. The van der Waals surface area contributed by atoms with Crippen molar-refractivity contribution in [2.24, 2.45) is 0 Å². The van der Waals surface area contributed by atoms with Gasteiger partial charge < -0.3 is 11.1 Å². The van der Waals surface area contributed by atoms with Gasteiger partial charge in [0.05, 0.1) is 5.69 Å². The lowest BCUT2D eigenvalue weighted by atomic mass is 10.1. The first-order valence-corrected chi connectivity index (χ1v) is 3.97. The van der Waals surface area contributed by atoms with Crippen molar-refractivity contribution < 1.29 is 0 Å². The first kappa shape index (κ1) is 7.31. The van der Waals surface area contributed by atoms with Crippen LogP contribution in [0.15, 0.2) is 24.5 Å². The van der Waals surface area contributed by atoms with Gasteiger partial charge in [0.25, 0.3) is 0 Å². The molecule has 0 aliphatic carbocycles. The van der Waals surface area contributed by atoms with Crippen molar-refractivity contribution in [3.63, 3.8) is 0 Å². The molecular formula is C9H11N3. The third kappa shape index (κ3) is 1.31. The van der Waals surface area contributed by atoms with Crippen molar-refractivity contribution in [2.75, 3.05) is 18.8 Å². The molecule has 0 saturated heterocycles. The molecule has 0 aromatic carbocycles. The first-order chi connectivity index (χ1) is 5.86. The van der Waals surface area contributed by atoms with Gasteiger partial charge in [-0.15, -0.1) is 0 Å². The van der Waals surface area contributed by atoms with E-state index in [1.807, 2.05) is 12.3 Å². The van der Waals surface area contributed by atoms with E-state index in [-0.39, 0.29) is 0 Å². The summed E-state index contributed by atoms with van der Waals surface area (Å²) >= 11 is 0. The Hall–Kier alpha value is -1.35. The Morgan fingerprint density at radius 1 is 1.42 bits per heavy atom. The van der Waals surface area contributed by atoms with Crippen LogP contribution >= 0.6 is 0 Å². The van der Waals surface area contributed by atoms with Crippen molar-refractivity contribution in [3.8, 4) is 0 Å². The van der Waals surface area contributed by atoms with E-state index in [1.165, 1.54) is 5.57 Å². The Labute approximate surface area is 71.3 Å². The second-order valence-corrected chi connectivity index (χ2v) is 2.87. The molecule has 62 valence electrons. The predicted molar refractivity (Wildman–Crippen MR) is 49.5 cm³/mol. The molecule has 1 aliphatic rings. The molecular weight excluding hydrogens is 150 g/mol. The average Bonchev–Trinajstić information content (AvgIpc) is 2.56. The maximum absolute atomic E-state index is 5.62. The minimum Gasteiger partial charge on any atom is -0.397 e. The van der Waals surface area contributed by atoms with Gasteiger partial charge in [0.1, 0.15) is 0 Å². The number of anilines is 1. The maximum atomic E-state index is 5.62. The third-order valence-electron chi connectivity index (χ3n) is 1.94. The summed E-state index contributed by atoms with van der Waals surface area (Å²) < 4.78 is 0. The van der Waals surface area contributed by atoms with E-state index < -0.39 is 0 Å². The number of nitrogens with one attached hydrogen (secondary N) is 1. The summed E-state index contributed by atoms with van der Waals surface area (Å²) in [6, 6.07) is 1.95. The molecule has 0 unspecified atom stereocenters. The van der Waals surface area contributed by atoms with Gasteiger partial charge in [0.2, 0.25) is 0 Å². The fourth-order valence-electron chi connectivity index (χ4n) is 1.33. The Bertz CT molecular complexity index is 317. The molecule has 3 N–H and O–H groups in total. The summed E-state index contributed by atoms with van der Waals surface area (Å²) in [7, 11) is 0. The highest BCUT2D eigenvalue weighted by molar-refractivity contribution is 5.70. The van der Waals surface area contributed by atoms with Gasteiger partial charge in [0, 0.05) is 25.5 Å². The van der Waals surface area contributed by atoms with E-state index in [0.29, 0.717) is 0 Å². The van der Waals surface area contributed by atoms with Crippen LogP contribution in [0.5, 0.6) is 0 Å². The van der Waals surface area contributed by atoms with E-state index in [0.717, 1.165) is 24.3 Å². The summed E-state index contributed by atoms with van der Waals surface area (Å²) in [6.07, 6.45) is 5.66. The van der Waals surface area contributed by atoms with Crippen LogP contribution in [0.3, 0.4) is 0 Å². The van der Waals surface area contributed by atoms with Crippen molar-refractivity contribution in [1.82, 2.24) is 10.3 Å². The zero-order chi connectivity index (χ0) is 8.39. The van der Waals surface area contributed by atoms with Crippen LogP contribution in [0.4, 0.5) is 5.69 Å². The topological polar surface area (TPSA) is 50.9 Å². The molecule has 2 rings (SSSR count). The number of rotatable bonds is 1. The van der Waals surface area contributed by atoms with E-state index in [2.05, 4.69) is 16.4 Å². The Balaban J connectivity index is 2.33. The minimum atomic E-state index is 0.723. The maximum Gasteiger partial charge on any atom is 0.0506 e. The fourth-order valence-corrected chi connectivity index (χ4v) is 1.33. The number of hydrogen-bond donors (Lipinski definition) is 2. The molecule has 3 nitrogen and oxygen atoms in total. The second-order valence-electron chi connectivity index (χ2n) is 2.87. The van der Waals surface area contributed by atoms with E-state index in [1.54, 1.807) is 6.20 Å². The van der Waals surface area contributed by atoms with Crippen LogP contribution in [0.25, 0.3) is 5.57 Å². The standard InChI is InChI=1S/C9H11N3/c10-9-3-8(5-12-6-9)7-1-2-11-4-7/h1,3,5-6,11H,2,4,10H2. The van der Waals surface area contributed by atoms with Gasteiger partial charge in [-0.2, -0.15) is 0 Å². The molecule has 0 amide bonds. The normalized spacial score (nSPS) is 16.2. The molecule has 0 radical (unpaired) electrons. The lowest BCUT2D eigenvalue weighted by Crippen LogP contribution is -2.07. The quantitative estimate of drug-likeness (QED) is 0.636. The Morgan fingerprint density at radius 2 is 2.33 bits per heavy atom. The fraction of sp³-hybridized carbons (Fsp3) is 0.222. The van der Waals surface area contributed by atoms with Crippen molar-refractivity contribution in [3.05, 3.63) is 30.1 Å². The van der Waals surface area contributed by atoms with Crippen LogP contribution in [-0.4, -0.2) is 18.1 Å². The molecule has 0 bridgehead atoms. The van der Waals surface area contributed by atoms with Crippen LogP contribution in [0.1, 0.15) is 5.56 Å². The number of nitrogen functional groups attached to an aromatic ring is 1. The second kappa shape index (κ2) is 2.95. The zero-order valence-electron chi connectivity index (χ0n) is 6.75. The largest absolute Gasteiger partial charge is 0.397 e. The van der Waals surface area contributed by atoms with Crippen LogP contribution < -0.4 is 11.1 Å². The highest BCUT2D eigenvalue weighted by atomic mass is 14.9. The van der Waals surface area contributed by atoms with Crippen molar-refractivity contribution in [2.45, 2.75) is 0 Å². The highest BCUT2D eigenvalue weighted by Gasteiger charge is 2.05. The third-order valence-corrected chi connectivity index (χ3v) is 1.94. The number of hydrogen-bond acceptors (Lipinski definition) is 3. The number of aromatic nitrogens is 1. The van der Waals surface area contributed by atoms with Gasteiger partial charge in [-0.25, -0.2) is 0 Å². The predicted octanol–water partition coefficient (Wildman–Crippen LogP) is 0.650. The molecule has 0 saturated carbocycles. The lowest BCUT2D eigenvalue weighted by molar-refractivity contribution is 0.897. The Kier molecular flexibility index (Phi) is 1.80. The zero-order valence-corrected chi connectivity index (χ0v) is 6.75. The SMILES string of the molecule is Nc1cncc(C2=CCNC2)c1. The monoisotopic (exact) mass is 161 g/mol. The highest BCUT2D eigenvalue weighted by Crippen LogP contribution is 2.16. The number of nitrogens with two attached hydrogens (primary N) is 1. The molecule has 0 fully saturated rings. The van der Waals surface area contributed by atoms with E-state index in [9.17, 15) is 0 Å². The van der Waals surface area contributed by atoms with Gasteiger partial charge >= 0.3 is 0 Å². The summed E-state index contributed by atoms with van der Waals surface area (Å²) in [5.74, 6) is 0. The van der Waals surface area contributed by atoms with Crippen molar-refractivity contribution >= 4 is 11.3 Å². The van der Waals surface area contributed by atoms with E-state index in [4.69, 9.17) is 5.73 Å². The summed E-state index contributed by atoms with van der Waals surface area (Å²) in [6.45, 7) is 1.87. The molecule has 12 heavy (non-hydrogen) atoms. The van der Waals surface area contributed by atoms with Crippen molar-refractivity contribution in [1.29, 1.82) is 0 Å². The van der Waals surface area contributed by atoms with Gasteiger partial charge in [-0.3, -0.25) is 4.98 Å². The molecule has 1 aromatic rings.